The van der Waals surface area contributed by atoms with E-state index in [0.29, 0.717) is 52.8 Å². The summed E-state index contributed by atoms with van der Waals surface area (Å²) in [4.78, 5) is 15.2. The van der Waals surface area contributed by atoms with E-state index >= 15 is 0 Å². The van der Waals surface area contributed by atoms with E-state index in [-0.39, 0.29) is 17.2 Å². The number of rotatable bonds is 8. The van der Waals surface area contributed by atoms with Crippen molar-refractivity contribution in [1.82, 2.24) is 10.2 Å². The number of nitrogens with zero attached hydrogens (tertiary/aromatic N) is 4. The summed E-state index contributed by atoms with van der Waals surface area (Å²) in [7, 11) is 4.58. The lowest BCUT2D eigenvalue weighted by atomic mass is 9.75. The number of hydrogen-bond donors (Lipinski definition) is 1. The van der Waals surface area contributed by atoms with Crippen LogP contribution >= 0.6 is 23.1 Å². The van der Waals surface area contributed by atoms with Crippen LogP contribution in [0.25, 0.3) is 0 Å². The molecule has 1 aliphatic heterocycles. The molecule has 5 rings (SSSR count). The maximum Gasteiger partial charge on any atom is 0.219 e. The third-order valence-corrected chi connectivity index (χ3v) is 8.84. The fraction of sp³-hybridized carbons (Fsp3) is 0.286. The Morgan fingerprint density at radius 2 is 1.82 bits per heavy atom. The van der Waals surface area contributed by atoms with E-state index in [4.69, 9.17) is 19.9 Å². The Hall–Kier alpha value is -4.01. The van der Waals surface area contributed by atoms with Gasteiger partial charge in [0.15, 0.2) is 21.6 Å². The molecule has 9 nitrogen and oxygen atoms in total. The highest BCUT2D eigenvalue weighted by atomic mass is 32.2. The van der Waals surface area contributed by atoms with Gasteiger partial charge in [-0.2, -0.15) is 5.26 Å². The number of nitriles is 1. The highest BCUT2D eigenvalue weighted by Crippen LogP contribution is 2.50. The summed E-state index contributed by atoms with van der Waals surface area (Å²) in [6, 6.07) is 15.9. The van der Waals surface area contributed by atoms with Gasteiger partial charge >= 0.3 is 0 Å². The van der Waals surface area contributed by atoms with Gasteiger partial charge in [-0.15, -0.1) is 10.2 Å². The molecule has 0 amide bonds. The highest BCUT2D eigenvalue weighted by molar-refractivity contribution is 8.00. The first-order chi connectivity index (χ1) is 19.0. The van der Waals surface area contributed by atoms with Crippen LogP contribution in [0.4, 0.5) is 5.13 Å². The number of allylic oxidation sites excluding steroid dienone is 3. The molecule has 0 radical (unpaired) electrons. The maximum atomic E-state index is 13.5. The van der Waals surface area contributed by atoms with Crippen LogP contribution in [0.2, 0.25) is 0 Å². The largest absolute Gasteiger partial charge is 0.493 e. The number of hydrogen-bond acceptors (Lipinski definition) is 11. The Balaban J connectivity index is 1.58. The van der Waals surface area contributed by atoms with Crippen molar-refractivity contribution in [3.8, 4) is 23.3 Å². The van der Waals surface area contributed by atoms with Crippen molar-refractivity contribution in [2.75, 3.05) is 26.2 Å². The van der Waals surface area contributed by atoms with Gasteiger partial charge < -0.3 is 19.9 Å². The zero-order valence-corrected chi connectivity index (χ0v) is 23.4. The van der Waals surface area contributed by atoms with Crippen molar-refractivity contribution in [2.24, 2.45) is 5.73 Å². The van der Waals surface area contributed by atoms with Crippen LogP contribution in [-0.4, -0.2) is 37.3 Å². The fourth-order valence-electron chi connectivity index (χ4n) is 4.98. The van der Waals surface area contributed by atoms with E-state index in [1.807, 2.05) is 18.2 Å². The summed E-state index contributed by atoms with van der Waals surface area (Å²) >= 11 is 2.97. The van der Waals surface area contributed by atoms with Crippen molar-refractivity contribution in [3.63, 3.8) is 0 Å². The molecule has 0 saturated heterocycles. The number of methoxy groups -OCH3 is 3. The number of benzene rings is 2. The molecule has 11 heteroatoms. The van der Waals surface area contributed by atoms with Crippen molar-refractivity contribution in [3.05, 3.63) is 76.3 Å². The lowest BCUT2D eigenvalue weighted by Gasteiger charge is -2.38. The molecule has 2 aromatic carbocycles. The number of ketones is 1. The topological polar surface area (TPSA) is 124 Å². The first kappa shape index (κ1) is 26.6. The molecular weight excluding hydrogens is 534 g/mol. The molecule has 1 unspecified atom stereocenters. The van der Waals surface area contributed by atoms with Gasteiger partial charge in [0.25, 0.3) is 0 Å². The molecule has 0 saturated carbocycles. The van der Waals surface area contributed by atoms with Crippen molar-refractivity contribution >= 4 is 34.0 Å². The Morgan fingerprint density at radius 3 is 2.46 bits per heavy atom. The van der Waals surface area contributed by atoms with Crippen molar-refractivity contribution < 1.29 is 19.0 Å². The Morgan fingerprint density at radius 1 is 1.10 bits per heavy atom. The fourth-order valence-corrected chi connectivity index (χ4v) is 6.81. The van der Waals surface area contributed by atoms with Gasteiger partial charge in [-0.25, -0.2) is 0 Å². The number of aromatic nitrogens is 2. The lowest BCUT2D eigenvalue weighted by Crippen LogP contribution is -2.38. The van der Waals surface area contributed by atoms with Crippen LogP contribution in [0.5, 0.6) is 17.2 Å². The van der Waals surface area contributed by atoms with Crippen molar-refractivity contribution in [1.29, 1.82) is 5.26 Å². The normalized spacial score (nSPS) is 17.1. The van der Waals surface area contributed by atoms with Gasteiger partial charge in [-0.05, 0) is 36.1 Å². The SMILES string of the molecule is COc1cc(C2C(C#N)=C(N)N(c3nnc(SCc4ccccc4)s3)C3=C2C(=O)CCC3)cc(OC)c1OC. The Bertz CT molecular complexity index is 1480. The van der Waals surface area contributed by atoms with Crippen LogP contribution in [0.3, 0.4) is 0 Å². The van der Waals surface area contributed by atoms with Crippen LogP contribution in [-0.2, 0) is 10.5 Å². The number of nitrogens with two attached hydrogens (primary N) is 1. The molecule has 0 spiro atoms. The van der Waals surface area contributed by atoms with Crippen LogP contribution in [0, 0.1) is 11.3 Å². The smallest absolute Gasteiger partial charge is 0.219 e. The lowest BCUT2D eigenvalue weighted by molar-refractivity contribution is -0.116. The summed E-state index contributed by atoms with van der Waals surface area (Å²) in [6.45, 7) is 0. The molecular formula is C28H27N5O4S2. The second-order valence-corrected chi connectivity index (χ2v) is 11.1. The molecule has 2 aliphatic rings. The van der Waals surface area contributed by atoms with Crippen LogP contribution in [0.15, 0.2) is 69.5 Å². The summed E-state index contributed by atoms with van der Waals surface area (Å²) in [5.74, 6) is 1.57. The minimum atomic E-state index is -0.678. The summed E-state index contributed by atoms with van der Waals surface area (Å²) < 4.78 is 17.4. The maximum absolute atomic E-state index is 13.5. The van der Waals surface area contributed by atoms with Gasteiger partial charge in [0.05, 0.1) is 38.9 Å². The van der Waals surface area contributed by atoms with Gasteiger partial charge in [-0.1, -0.05) is 53.4 Å². The van der Waals surface area contributed by atoms with Crippen LogP contribution < -0.4 is 24.8 Å². The quantitative estimate of drug-likeness (QED) is 0.369. The average Bonchev–Trinajstić information content (AvgIpc) is 3.43. The highest BCUT2D eigenvalue weighted by Gasteiger charge is 2.42. The molecule has 0 bridgehead atoms. The zero-order chi connectivity index (χ0) is 27.5. The van der Waals surface area contributed by atoms with E-state index < -0.39 is 5.92 Å². The van der Waals surface area contributed by atoms with E-state index in [0.717, 1.165) is 15.8 Å². The van der Waals surface area contributed by atoms with E-state index in [9.17, 15) is 10.1 Å². The van der Waals surface area contributed by atoms with E-state index in [1.165, 1.54) is 38.2 Å². The second kappa shape index (κ2) is 11.4. The second-order valence-electron chi connectivity index (χ2n) is 8.90. The number of thioether (sulfide) groups is 1. The molecule has 200 valence electrons. The predicted molar refractivity (Wildman–Crippen MR) is 150 cm³/mol. The van der Waals surface area contributed by atoms with E-state index in [1.54, 1.807) is 28.8 Å². The number of ether oxygens (including phenoxy) is 3. The minimum Gasteiger partial charge on any atom is -0.493 e. The van der Waals surface area contributed by atoms with Gasteiger partial charge in [0, 0.05) is 23.4 Å². The van der Waals surface area contributed by atoms with Crippen LogP contribution in [0.1, 0.15) is 36.3 Å². The van der Waals surface area contributed by atoms with Gasteiger partial charge in [-0.3, -0.25) is 9.69 Å². The number of carbonyl (C=O) groups excluding carboxylic acids is 1. The third kappa shape index (κ3) is 4.93. The van der Waals surface area contributed by atoms with Gasteiger partial charge in [0.1, 0.15) is 5.82 Å². The summed E-state index contributed by atoms with van der Waals surface area (Å²) in [5, 5.41) is 19.6. The third-order valence-electron chi connectivity index (χ3n) is 6.73. The molecule has 2 N–H and O–H groups in total. The standard InChI is InChI=1S/C28H27N5O4S2/c1-35-21-12-17(13-22(36-2)25(21)37-3)23-18(14-29)26(30)33(19-10-7-11-20(34)24(19)23)27-31-32-28(39-27)38-15-16-8-5-4-6-9-16/h4-6,8-9,12-13,23H,7,10-11,15,30H2,1-3H3. The predicted octanol–water partition coefficient (Wildman–Crippen LogP) is 5.16. The molecule has 1 atom stereocenters. The minimum absolute atomic E-state index is 0.0246. The van der Waals surface area contributed by atoms with Gasteiger partial charge in [0.2, 0.25) is 10.9 Å². The first-order valence-corrected chi connectivity index (χ1v) is 14.1. The number of anilines is 1. The summed E-state index contributed by atoms with van der Waals surface area (Å²) in [6.07, 6.45) is 1.69. The van der Waals surface area contributed by atoms with Crippen molar-refractivity contribution in [2.45, 2.75) is 35.3 Å². The molecule has 1 aliphatic carbocycles. The summed E-state index contributed by atoms with van der Waals surface area (Å²) in [5.41, 5.74) is 10.1. The molecule has 39 heavy (non-hydrogen) atoms. The first-order valence-electron chi connectivity index (χ1n) is 12.3. The molecule has 0 fully saturated rings. The molecule has 1 aromatic heterocycles. The molecule has 3 aromatic rings. The molecule has 2 heterocycles. The Labute approximate surface area is 234 Å². The Kier molecular flexibility index (Phi) is 7.77. The number of Topliss-reactive ketones (excluding diaryl/α,β-unsaturated/α-hetero) is 1. The number of carbonyl (C=O) groups is 1. The zero-order valence-electron chi connectivity index (χ0n) is 21.8. The average molecular weight is 562 g/mol. The van der Waals surface area contributed by atoms with E-state index in [2.05, 4.69) is 28.4 Å². The monoisotopic (exact) mass is 561 g/mol.